The van der Waals surface area contributed by atoms with Gasteiger partial charge in [0, 0.05) is 61.8 Å². The Morgan fingerprint density at radius 1 is 1.16 bits per heavy atom. The van der Waals surface area contributed by atoms with Crippen molar-refractivity contribution in [2.75, 3.05) is 26.2 Å². The first-order valence-corrected chi connectivity index (χ1v) is 12.1. The Morgan fingerprint density at radius 2 is 1.97 bits per heavy atom. The van der Waals surface area contributed by atoms with E-state index in [1.807, 2.05) is 31.9 Å². The van der Waals surface area contributed by atoms with Crippen molar-refractivity contribution in [3.63, 3.8) is 0 Å². The lowest BCUT2D eigenvalue weighted by atomic mass is 10.1. The summed E-state index contributed by atoms with van der Waals surface area (Å²) in [5.74, 6) is 0.0707. The van der Waals surface area contributed by atoms with Crippen molar-refractivity contribution in [1.82, 2.24) is 29.5 Å². The van der Waals surface area contributed by atoms with E-state index in [1.165, 1.54) is 0 Å². The number of hydrogen-bond donors (Lipinski definition) is 0. The highest BCUT2D eigenvalue weighted by molar-refractivity contribution is 8.00. The molecule has 1 aliphatic heterocycles. The summed E-state index contributed by atoms with van der Waals surface area (Å²) in [6.07, 6.45) is 2.70. The van der Waals surface area contributed by atoms with Crippen molar-refractivity contribution < 1.29 is 4.79 Å². The third kappa shape index (κ3) is 4.81. The van der Waals surface area contributed by atoms with Crippen LogP contribution in [0.15, 0.2) is 29.3 Å². The zero-order valence-corrected chi connectivity index (χ0v) is 20.4. The van der Waals surface area contributed by atoms with E-state index in [9.17, 15) is 4.79 Å². The Bertz CT molecular complexity index is 1130. The van der Waals surface area contributed by atoms with E-state index in [4.69, 9.17) is 0 Å². The van der Waals surface area contributed by atoms with E-state index >= 15 is 0 Å². The lowest BCUT2D eigenvalue weighted by Crippen LogP contribution is -2.35. The number of aromatic nitrogens is 4. The molecule has 0 N–H and O–H groups in total. The van der Waals surface area contributed by atoms with Gasteiger partial charge in [-0.25, -0.2) is 4.98 Å². The molecule has 7 nitrogen and oxygen atoms in total. The minimum absolute atomic E-state index is 0.0707. The topological polar surface area (TPSA) is 67.2 Å². The largest absolute Gasteiger partial charge is 0.337 e. The van der Waals surface area contributed by atoms with Crippen molar-refractivity contribution in [3.05, 3.63) is 47.0 Å². The quantitative estimate of drug-likeness (QED) is 0.548. The minimum atomic E-state index is 0.0707. The van der Waals surface area contributed by atoms with E-state index in [0.29, 0.717) is 17.4 Å². The van der Waals surface area contributed by atoms with Crippen molar-refractivity contribution in [2.24, 2.45) is 7.05 Å². The molecule has 0 saturated carbocycles. The van der Waals surface area contributed by atoms with Gasteiger partial charge in [0.1, 0.15) is 0 Å². The molecule has 1 fully saturated rings. The molecule has 0 radical (unpaired) electrons. The Labute approximate surface area is 194 Å². The van der Waals surface area contributed by atoms with Gasteiger partial charge in [-0.05, 0) is 32.4 Å². The number of rotatable bonds is 5. The van der Waals surface area contributed by atoms with Crippen LogP contribution in [0.3, 0.4) is 0 Å². The number of carbonyl (C=O) groups excluding carboxylic acids is 1. The number of carbonyl (C=O) groups is 1. The fraction of sp³-hybridized carbons (Fsp3) is 0.500. The normalized spacial score (nSPS) is 15.5. The first-order valence-electron chi connectivity index (χ1n) is 11.3. The van der Waals surface area contributed by atoms with Crippen LogP contribution in [-0.4, -0.2) is 66.9 Å². The maximum absolute atomic E-state index is 13.6. The fourth-order valence-electron chi connectivity index (χ4n) is 4.31. The molecule has 1 amide bonds. The molecule has 1 aliphatic rings. The highest BCUT2D eigenvalue weighted by atomic mass is 32.2. The van der Waals surface area contributed by atoms with Gasteiger partial charge in [0.15, 0.2) is 5.65 Å². The molecule has 0 spiro atoms. The van der Waals surface area contributed by atoms with E-state index in [1.54, 1.807) is 22.6 Å². The van der Waals surface area contributed by atoms with Gasteiger partial charge in [0.2, 0.25) is 0 Å². The number of thioether (sulfide) groups is 1. The standard InChI is InChI=1S/C24H32N6OS/c1-16(2)32-22-20(14-25-23-21(22)18(4)27-28(23)5)24(31)30-11-7-10-29(12-13-30)15-19-9-6-8-17(3)26-19/h6,8-9,14,16H,7,10-13,15H2,1-5H3. The number of amides is 1. The number of fused-ring (bicyclic) bond motifs is 1. The van der Waals surface area contributed by atoms with Crippen molar-refractivity contribution in [3.8, 4) is 0 Å². The maximum Gasteiger partial charge on any atom is 0.256 e. The lowest BCUT2D eigenvalue weighted by Gasteiger charge is -2.23. The van der Waals surface area contributed by atoms with E-state index < -0.39 is 0 Å². The van der Waals surface area contributed by atoms with Crippen LogP contribution in [0.4, 0.5) is 0 Å². The molecular weight excluding hydrogens is 420 g/mol. The van der Waals surface area contributed by atoms with Crippen LogP contribution in [0.2, 0.25) is 0 Å². The Balaban J connectivity index is 1.55. The molecule has 0 unspecified atom stereocenters. The molecule has 3 aromatic heterocycles. The maximum atomic E-state index is 13.6. The van der Waals surface area contributed by atoms with E-state index in [-0.39, 0.29) is 5.91 Å². The van der Waals surface area contributed by atoms with Gasteiger partial charge in [0.05, 0.1) is 22.3 Å². The summed E-state index contributed by atoms with van der Waals surface area (Å²) in [7, 11) is 1.90. The van der Waals surface area contributed by atoms with E-state index in [0.717, 1.165) is 65.6 Å². The second-order valence-electron chi connectivity index (χ2n) is 8.77. The summed E-state index contributed by atoms with van der Waals surface area (Å²) in [6.45, 7) is 12.4. The minimum Gasteiger partial charge on any atom is -0.337 e. The summed E-state index contributed by atoms with van der Waals surface area (Å²) in [4.78, 5) is 28.3. The summed E-state index contributed by atoms with van der Waals surface area (Å²) >= 11 is 1.72. The molecule has 4 heterocycles. The first-order chi connectivity index (χ1) is 15.3. The molecule has 0 atom stereocenters. The Morgan fingerprint density at radius 3 is 2.72 bits per heavy atom. The first kappa shape index (κ1) is 22.7. The second kappa shape index (κ2) is 9.58. The predicted octanol–water partition coefficient (Wildman–Crippen LogP) is 3.83. The van der Waals surface area contributed by atoms with Gasteiger partial charge >= 0.3 is 0 Å². The molecule has 8 heteroatoms. The van der Waals surface area contributed by atoms with E-state index in [2.05, 4.69) is 45.9 Å². The summed E-state index contributed by atoms with van der Waals surface area (Å²) in [5, 5.41) is 5.90. The van der Waals surface area contributed by atoms with Crippen LogP contribution >= 0.6 is 11.8 Å². The highest BCUT2D eigenvalue weighted by Crippen LogP contribution is 2.35. The molecule has 4 rings (SSSR count). The Hall–Kier alpha value is -2.45. The molecule has 0 aromatic carbocycles. The molecular formula is C24H32N6OS. The second-order valence-corrected chi connectivity index (χ2v) is 10.4. The molecule has 32 heavy (non-hydrogen) atoms. The van der Waals surface area contributed by atoms with Gasteiger partial charge in [-0.15, -0.1) is 11.8 Å². The average Bonchev–Trinajstić information content (AvgIpc) is 2.89. The number of pyridine rings is 2. The summed E-state index contributed by atoms with van der Waals surface area (Å²) < 4.78 is 1.80. The molecule has 170 valence electrons. The van der Waals surface area contributed by atoms with Crippen molar-refractivity contribution in [2.45, 2.75) is 50.8 Å². The van der Waals surface area contributed by atoms with Crippen LogP contribution < -0.4 is 0 Å². The van der Waals surface area contributed by atoms with Gasteiger partial charge in [-0.1, -0.05) is 19.9 Å². The van der Waals surface area contributed by atoms with Crippen LogP contribution in [0, 0.1) is 13.8 Å². The van der Waals surface area contributed by atoms with Gasteiger partial charge in [-0.3, -0.25) is 19.4 Å². The predicted molar refractivity (Wildman–Crippen MR) is 129 cm³/mol. The third-order valence-electron chi connectivity index (χ3n) is 5.77. The number of nitrogens with zero attached hydrogens (tertiary/aromatic N) is 6. The average molecular weight is 453 g/mol. The SMILES string of the molecule is Cc1cccc(CN2CCCN(C(=O)c3cnc4c(c(C)nn4C)c3SC(C)C)CC2)n1. The van der Waals surface area contributed by atoms with Gasteiger partial charge in [-0.2, -0.15) is 5.10 Å². The van der Waals surface area contributed by atoms with Gasteiger partial charge < -0.3 is 4.90 Å². The molecule has 3 aromatic rings. The molecule has 1 saturated heterocycles. The molecule has 0 bridgehead atoms. The smallest absolute Gasteiger partial charge is 0.256 e. The number of hydrogen-bond acceptors (Lipinski definition) is 6. The van der Waals surface area contributed by atoms with Crippen LogP contribution in [-0.2, 0) is 13.6 Å². The van der Waals surface area contributed by atoms with Crippen LogP contribution in [0.5, 0.6) is 0 Å². The zero-order valence-electron chi connectivity index (χ0n) is 19.6. The van der Waals surface area contributed by atoms with Crippen molar-refractivity contribution in [1.29, 1.82) is 0 Å². The third-order valence-corrected chi connectivity index (χ3v) is 6.90. The van der Waals surface area contributed by atoms with Crippen LogP contribution in [0.25, 0.3) is 11.0 Å². The lowest BCUT2D eigenvalue weighted by molar-refractivity contribution is 0.0757. The van der Waals surface area contributed by atoms with Crippen LogP contribution in [0.1, 0.15) is 47.7 Å². The Kier molecular flexibility index (Phi) is 6.81. The summed E-state index contributed by atoms with van der Waals surface area (Å²) in [5.41, 5.74) is 4.57. The zero-order chi connectivity index (χ0) is 22.8. The molecule has 0 aliphatic carbocycles. The highest BCUT2D eigenvalue weighted by Gasteiger charge is 2.26. The monoisotopic (exact) mass is 452 g/mol. The summed E-state index contributed by atoms with van der Waals surface area (Å²) in [6, 6.07) is 6.16. The van der Waals surface area contributed by atoms with Crippen molar-refractivity contribution >= 4 is 28.7 Å². The fourth-order valence-corrected chi connectivity index (χ4v) is 5.40. The van der Waals surface area contributed by atoms with Gasteiger partial charge in [0.25, 0.3) is 5.91 Å². The number of aryl methyl sites for hydroxylation is 3.